The summed E-state index contributed by atoms with van der Waals surface area (Å²) < 4.78 is 11.0. The molecule has 1 atom stereocenters. The number of aromatic amines is 1. The number of hydrogen-bond donors (Lipinski definition) is 1. The molecule has 31 heavy (non-hydrogen) atoms. The van der Waals surface area contributed by atoms with Crippen LogP contribution in [0.15, 0.2) is 48.5 Å². The van der Waals surface area contributed by atoms with E-state index in [-0.39, 0.29) is 18.0 Å². The van der Waals surface area contributed by atoms with Crippen molar-refractivity contribution in [2.75, 3.05) is 14.2 Å². The van der Waals surface area contributed by atoms with E-state index < -0.39 is 0 Å². The number of H-pyrrole nitrogens is 1. The summed E-state index contributed by atoms with van der Waals surface area (Å²) in [6.45, 7) is 0. The molecular formula is C25H27N3O3. The van der Waals surface area contributed by atoms with Gasteiger partial charge in [-0.2, -0.15) is 5.10 Å². The highest BCUT2D eigenvalue weighted by molar-refractivity contribution is 6.00. The van der Waals surface area contributed by atoms with Gasteiger partial charge in [0.15, 0.2) is 11.5 Å². The predicted molar refractivity (Wildman–Crippen MR) is 118 cm³/mol. The number of hydrogen-bond acceptors (Lipinski definition) is 4. The van der Waals surface area contributed by atoms with E-state index in [1.54, 1.807) is 14.2 Å². The van der Waals surface area contributed by atoms with Crippen LogP contribution in [-0.2, 0) is 0 Å². The predicted octanol–water partition coefficient (Wildman–Crippen LogP) is 4.97. The first-order chi connectivity index (χ1) is 15.2. The first-order valence-electron chi connectivity index (χ1n) is 10.9. The number of methoxy groups -OCH3 is 2. The van der Waals surface area contributed by atoms with Gasteiger partial charge < -0.3 is 14.4 Å². The summed E-state index contributed by atoms with van der Waals surface area (Å²) in [6.07, 6.45) is 5.62. The summed E-state index contributed by atoms with van der Waals surface area (Å²) in [5.74, 6) is 1.38. The van der Waals surface area contributed by atoms with E-state index in [0.717, 1.165) is 48.1 Å². The number of fused-ring (bicyclic) bond motifs is 1. The quantitative estimate of drug-likeness (QED) is 0.636. The number of rotatable bonds is 5. The van der Waals surface area contributed by atoms with Gasteiger partial charge in [-0.1, -0.05) is 55.7 Å². The van der Waals surface area contributed by atoms with E-state index >= 15 is 0 Å². The maximum Gasteiger partial charge on any atom is 0.273 e. The smallest absolute Gasteiger partial charge is 0.273 e. The fourth-order valence-electron chi connectivity index (χ4n) is 5.07. The number of ether oxygens (including phenoxy) is 2. The molecule has 5 rings (SSSR count). The summed E-state index contributed by atoms with van der Waals surface area (Å²) >= 11 is 0. The number of amides is 1. The molecule has 1 N–H and O–H groups in total. The number of nitrogens with one attached hydrogen (secondary N) is 1. The molecular weight excluding hydrogens is 390 g/mol. The van der Waals surface area contributed by atoms with Crippen molar-refractivity contribution in [3.05, 3.63) is 65.4 Å². The molecule has 1 amide bonds. The molecule has 1 aromatic heterocycles. The Balaban J connectivity index is 1.67. The standard InChI is InChI=1S/C25H27N3O3/c1-30-19-14-13-17(15-20(19)31-2)24-21-22(16-9-5-3-6-10-16)26-27-23(21)25(29)28(24)18-11-7-4-8-12-18/h3,5-6,9-10,13-15,18,24H,4,7-8,11-12H2,1-2H3,(H,26,27). The van der Waals surface area contributed by atoms with Crippen LogP contribution in [0.25, 0.3) is 11.3 Å². The SMILES string of the molecule is COc1ccc(C2c3c(-c4ccccc4)n[nH]c3C(=O)N2C2CCCCC2)cc1OC. The zero-order valence-electron chi connectivity index (χ0n) is 17.9. The van der Waals surface area contributed by atoms with Crippen LogP contribution in [0, 0.1) is 0 Å². The van der Waals surface area contributed by atoms with Gasteiger partial charge in [0.1, 0.15) is 5.69 Å². The lowest BCUT2D eigenvalue weighted by atomic mass is 9.91. The summed E-state index contributed by atoms with van der Waals surface area (Å²) in [6, 6.07) is 16.0. The number of nitrogens with zero attached hydrogens (tertiary/aromatic N) is 2. The molecule has 0 saturated heterocycles. The first kappa shape index (κ1) is 19.7. The zero-order valence-corrected chi connectivity index (χ0v) is 17.9. The molecule has 0 radical (unpaired) electrons. The minimum absolute atomic E-state index is 0.0383. The van der Waals surface area contributed by atoms with Gasteiger partial charge in [-0.25, -0.2) is 0 Å². The van der Waals surface area contributed by atoms with Crippen molar-refractivity contribution in [1.29, 1.82) is 0 Å². The highest BCUT2D eigenvalue weighted by atomic mass is 16.5. The lowest BCUT2D eigenvalue weighted by Gasteiger charge is -2.36. The molecule has 0 spiro atoms. The largest absolute Gasteiger partial charge is 0.493 e. The van der Waals surface area contributed by atoms with Crippen molar-refractivity contribution < 1.29 is 14.3 Å². The van der Waals surface area contributed by atoms with E-state index in [4.69, 9.17) is 9.47 Å². The number of aromatic nitrogens is 2. The minimum Gasteiger partial charge on any atom is -0.493 e. The Morgan fingerprint density at radius 1 is 0.968 bits per heavy atom. The molecule has 6 nitrogen and oxygen atoms in total. The zero-order chi connectivity index (χ0) is 21.4. The fourth-order valence-corrected chi connectivity index (χ4v) is 5.07. The molecule has 2 aromatic carbocycles. The van der Waals surface area contributed by atoms with Crippen molar-refractivity contribution in [3.8, 4) is 22.8 Å². The van der Waals surface area contributed by atoms with Crippen molar-refractivity contribution in [2.45, 2.75) is 44.2 Å². The third-order valence-electron chi connectivity index (χ3n) is 6.54. The van der Waals surface area contributed by atoms with Crippen LogP contribution in [0.1, 0.15) is 59.8 Å². The van der Waals surface area contributed by atoms with E-state index in [1.807, 2.05) is 48.5 Å². The molecule has 1 aliphatic heterocycles. The highest BCUT2D eigenvalue weighted by Crippen LogP contribution is 2.47. The Bertz CT molecular complexity index is 1090. The number of carbonyl (C=O) groups excluding carboxylic acids is 1. The molecule has 1 fully saturated rings. The fraction of sp³-hybridized carbons (Fsp3) is 0.360. The topological polar surface area (TPSA) is 67.5 Å². The lowest BCUT2D eigenvalue weighted by Crippen LogP contribution is -2.40. The van der Waals surface area contributed by atoms with Gasteiger partial charge in [-0.05, 0) is 30.5 Å². The Labute approximate surface area is 182 Å². The molecule has 1 saturated carbocycles. The molecule has 0 bridgehead atoms. The lowest BCUT2D eigenvalue weighted by molar-refractivity contribution is 0.0606. The Morgan fingerprint density at radius 2 is 1.71 bits per heavy atom. The highest BCUT2D eigenvalue weighted by Gasteiger charge is 2.45. The van der Waals surface area contributed by atoms with Crippen LogP contribution in [0.4, 0.5) is 0 Å². The second-order valence-corrected chi connectivity index (χ2v) is 8.25. The normalized spacial score (nSPS) is 18.8. The second-order valence-electron chi connectivity index (χ2n) is 8.25. The van der Waals surface area contributed by atoms with E-state index in [0.29, 0.717) is 17.2 Å². The summed E-state index contributed by atoms with van der Waals surface area (Å²) in [4.78, 5) is 15.7. The average molecular weight is 418 g/mol. The Kier molecular flexibility index (Phi) is 5.14. The first-order valence-corrected chi connectivity index (χ1v) is 10.9. The molecule has 1 unspecified atom stereocenters. The van der Waals surface area contributed by atoms with Gasteiger partial charge in [0.05, 0.1) is 26.0 Å². The van der Waals surface area contributed by atoms with Crippen LogP contribution in [-0.4, -0.2) is 41.3 Å². The van der Waals surface area contributed by atoms with Crippen LogP contribution in [0.3, 0.4) is 0 Å². The Morgan fingerprint density at radius 3 is 2.42 bits per heavy atom. The van der Waals surface area contributed by atoms with Gasteiger partial charge in [-0.15, -0.1) is 0 Å². The van der Waals surface area contributed by atoms with Crippen LogP contribution < -0.4 is 9.47 Å². The molecule has 2 aliphatic rings. The van der Waals surface area contributed by atoms with Crippen molar-refractivity contribution >= 4 is 5.91 Å². The molecule has 1 aliphatic carbocycles. The van der Waals surface area contributed by atoms with Gasteiger partial charge in [0.25, 0.3) is 5.91 Å². The van der Waals surface area contributed by atoms with Gasteiger partial charge in [0.2, 0.25) is 0 Å². The maximum absolute atomic E-state index is 13.6. The monoisotopic (exact) mass is 417 g/mol. The van der Waals surface area contributed by atoms with E-state index in [9.17, 15) is 4.79 Å². The maximum atomic E-state index is 13.6. The van der Waals surface area contributed by atoms with Crippen molar-refractivity contribution in [1.82, 2.24) is 15.1 Å². The van der Waals surface area contributed by atoms with Gasteiger partial charge >= 0.3 is 0 Å². The van der Waals surface area contributed by atoms with Crippen LogP contribution in [0.2, 0.25) is 0 Å². The van der Waals surface area contributed by atoms with Crippen molar-refractivity contribution in [3.63, 3.8) is 0 Å². The average Bonchev–Trinajstić information content (AvgIpc) is 3.38. The summed E-state index contributed by atoms with van der Waals surface area (Å²) in [7, 11) is 3.27. The minimum atomic E-state index is -0.209. The second kappa shape index (κ2) is 8.10. The van der Waals surface area contributed by atoms with Gasteiger partial charge in [0, 0.05) is 17.2 Å². The van der Waals surface area contributed by atoms with E-state index in [1.165, 1.54) is 6.42 Å². The molecule has 160 valence electrons. The van der Waals surface area contributed by atoms with E-state index in [2.05, 4.69) is 15.1 Å². The number of carbonyl (C=O) groups is 1. The number of benzene rings is 2. The molecule has 3 aromatic rings. The van der Waals surface area contributed by atoms with Crippen LogP contribution in [0.5, 0.6) is 11.5 Å². The summed E-state index contributed by atoms with van der Waals surface area (Å²) in [5.41, 5.74) is 4.40. The molecule has 2 heterocycles. The van der Waals surface area contributed by atoms with Gasteiger partial charge in [-0.3, -0.25) is 9.89 Å². The third kappa shape index (κ3) is 3.26. The third-order valence-corrected chi connectivity index (χ3v) is 6.54. The summed E-state index contributed by atoms with van der Waals surface area (Å²) in [5, 5.41) is 7.62. The molecule has 6 heteroatoms. The van der Waals surface area contributed by atoms with Crippen molar-refractivity contribution in [2.24, 2.45) is 0 Å². The Hall–Kier alpha value is -3.28. The van der Waals surface area contributed by atoms with Crippen LogP contribution >= 0.6 is 0 Å².